The molecule has 0 radical (unpaired) electrons. The van der Waals surface area contributed by atoms with E-state index in [1.807, 2.05) is 30.3 Å². The Kier molecular flexibility index (Phi) is 8.65. The van der Waals surface area contributed by atoms with E-state index in [4.69, 9.17) is 9.47 Å². The van der Waals surface area contributed by atoms with Gasteiger partial charge in [-0.05, 0) is 111 Å². The van der Waals surface area contributed by atoms with Crippen molar-refractivity contribution in [3.05, 3.63) is 89.4 Å². The van der Waals surface area contributed by atoms with Gasteiger partial charge in [0.15, 0.2) is 17.0 Å². The van der Waals surface area contributed by atoms with E-state index < -0.39 is 0 Å². The molecule has 0 saturated carbocycles. The SMILES string of the molecule is CCc1ccc(N[C@@H]2NC(=O)/C(=C/c3cc(I)c(OCc4ccc(I)cc4)c(OC)c3)S2)cc1. The van der Waals surface area contributed by atoms with Gasteiger partial charge in [0.05, 0.1) is 15.6 Å². The van der Waals surface area contributed by atoms with E-state index in [-0.39, 0.29) is 11.4 Å². The Morgan fingerprint density at radius 2 is 1.76 bits per heavy atom. The highest BCUT2D eigenvalue weighted by atomic mass is 127. The number of halogens is 2. The highest BCUT2D eigenvalue weighted by Crippen LogP contribution is 2.37. The average molecular weight is 698 g/mol. The molecular weight excluding hydrogens is 674 g/mol. The molecule has 8 heteroatoms. The molecule has 176 valence electrons. The van der Waals surface area contributed by atoms with Gasteiger partial charge in [-0.3, -0.25) is 4.79 Å². The van der Waals surface area contributed by atoms with Crippen LogP contribution >= 0.6 is 56.9 Å². The average Bonchev–Trinajstić information content (AvgIpc) is 3.17. The highest BCUT2D eigenvalue weighted by molar-refractivity contribution is 14.1. The summed E-state index contributed by atoms with van der Waals surface area (Å²) in [5.41, 5.74) is 4.01. The van der Waals surface area contributed by atoms with Crippen molar-refractivity contribution in [2.75, 3.05) is 12.4 Å². The first kappa shape index (κ1) is 25.2. The number of ether oxygens (including phenoxy) is 2. The molecule has 3 aromatic carbocycles. The van der Waals surface area contributed by atoms with Crippen LogP contribution in [-0.2, 0) is 17.8 Å². The van der Waals surface area contributed by atoms with Crippen molar-refractivity contribution < 1.29 is 14.3 Å². The Labute approximate surface area is 231 Å². The number of anilines is 1. The van der Waals surface area contributed by atoms with Crippen LogP contribution in [0.15, 0.2) is 65.6 Å². The van der Waals surface area contributed by atoms with Crippen molar-refractivity contribution in [2.45, 2.75) is 25.4 Å². The maximum atomic E-state index is 12.6. The zero-order chi connectivity index (χ0) is 24.1. The number of carbonyl (C=O) groups excluding carboxylic acids is 1. The first-order chi connectivity index (χ1) is 16.4. The molecule has 0 aromatic heterocycles. The molecule has 1 amide bonds. The zero-order valence-electron chi connectivity index (χ0n) is 18.7. The van der Waals surface area contributed by atoms with Crippen LogP contribution in [0.3, 0.4) is 0 Å². The summed E-state index contributed by atoms with van der Waals surface area (Å²) in [7, 11) is 1.63. The monoisotopic (exact) mass is 698 g/mol. The molecule has 1 aliphatic rings. The third kappa shape index (κ3) is 6.39. The van der Waals surface area contributed by atoms with Crippen LogP contribution in [0.5, 0.6) is 11.5 Å². The van der Waals surface area contributed by atoms with Crippen LogP contribution in [0.2, 0.25) is 0 Å². The number of rotatable bonds is 8. The first-order valence-corrected chi connectivity index (χ1v) is 13.8. The third-order valence-electron chi connectivity index (χ3n) is 5.24. The Hall–Kier alpha value is -1.92. The van der Waals surface area contributed by atoms with Crippen LogP contribution in [0.1, 0.15) is 23.6 Å². The quantitative estimate of drug-likeness (QED) is 0.204. The third-order valence-corrected chi connectivity index (χ3v) is 7.79. The van der Waals surface area contributed by atoms with Gasteiger partial charge in [-0.1, -0.05) is 43.0 Å². The predicted molar refractivity (Wildman–Crippen MR) is 156 cm³/mol. The van der Waals surface area contributed by atoms with Crippen LogP contribution in [0.4, 0.5) is 5.69 Å². The molecule has 1 fully saturated rings. The molecule has 0 unspecified atom stereocenters. The molecule has 2 N–H and O–H groups in total. The van der Waals surface area contributed by atoms with E-state index in [0.29, 0.717) is 23.0 Å². The number of thioether (sulfide) groups is 1. The standard InChI is InChI=1S/C26H24I2N2O3S/c1-3-16-6-10-20(11-7-16)29-26-30-25(31)23(34-26)14-18-12-21(28)24(22(13-18)32-2)33-15-17-4-8-19(27)9-5-17/h4-14,26,29H,3,15H2,1-2H3,(H,30,31)/b23-14-/t26-/m1/s1. The Morgan fingerprint density at radius 1 is 1.06 bits per heavy atom. The molecule has 0 aliphatic carbocycles. The van der Waals surface area contributed by atoms with Gasteiger partial charge in [-0.15, -0.1) is 0 Å². The zero-order valence-corrected chi connectivity index (χ0v) is 23.9. The van der Waals surface area contributed by atoms with E-state index in [1.165, 1.54) is 20.9 Å². The van der Waals surface area contributed by atoms with Gasteiger partial charge in [0, 0.05) is 9.26 Å². The Morgan fingerprint density at radius 3 is 2.44 bits per heavy atom. The molecule has 1 saturated heterocycles. The number of benzene rings is 3. The van der Waals surface area contributed by atoms with Gasteiger partial charge >= 0.3 is 0 Å². The molecule has 34 heavy (non-hydrogen) atoms. The Bertz CT molecular complexity index is 1200. The molecule has 5 nitrogen and oxygen atoms in total. The molecule has 4 rings (SSSR count). The number of amides is 1. The summed E-state index contributed by atoms with van der Waals surface area (Å²) in [5.74, 6) is 1.24. The van der Waals surface area contributed by atoms with Gasteiger partial charge < -0.3 is 20.1 Å². The first-order valence-electron chi connectivity index (χ1n) is 10.7. The van der Waals surface area contributed by atoms with Crippen LogP contribution in [-0.4, -0.2) is 18.5 Å². The van der Waals surface area contributed by atoms with Gasteiger partial charge in [0.2, 0.25) is 0 Å². The molecule has 3 aromatic rings. The van der Waals surface area contributed by atoms with E-state index in [9.17, 15) is 4.79 Å². The van der Waals surface area contributed by atoms with Crippen molar-refractivity contribution in [1.82, 2.24) is 5.32 Å². The Balaban J connectivity index is 1.46. The maximum Gasteiger partial charge on any atom is 0.260 e. The predicted octanol–water partition coefficient (Wildman–Crippen LogP) is 6.65. The number of carbonyl (C=O) groups is 1. The molecule has 1 aliphatic heterocycles. The van der Waals surface area contributed by atoms with Gasteiger partial charge in [0.1, 0.15) is 6.61 Å². The summed E-state index contributed by atoms with van der Waals surface area (Å²) in [4.78, 5) is 13.2. The summed E-state index contributed by atoms with van der Waals surface area (Å²) in [6.07, 6.45) is 2.88. The fourth-order valence-electron chi connectivity index (χ4n) is 3.40. The van der Waals surface area contributed by atoms with Crippen molar-refractivity contribution in [1.29, 1.82) is 0 Å². The molecule has 1 heterocycles. The lowest BCUT2D eigenvalue weighted by molar-refractivity contribution is -0.116. The maximum absolute atomic E-state index is 12.6. The lowest BCUT2D eigenvalue weighted by atomic mass is 10.1. The normalized spacial score (nSPS) is 16.4. The van der Waals surface area contributed by atoms with E-state index in [1.54, 1.807) is 7.11 Å². The minimum atomic E-state index is -0.219. The number of aryl methyl sites for hydroxylation is 1. The van der Waals surface area contributed by atoms with E-state index >= 15 is 0 Å². The lowest BCUT2D eigenvalue weighted by Crippen LogP contribution is -2.30. The number of hydrogen-bond acceptors (Lipinski definition) is 5. The smallest absolute Gasteiger partial charge is 0.260 e. The molecular formula is C26H24I2N2O3S. The van der Waals surface area contributed by atoms with Gasteiger partial charge in [-0.25, -0.2) is 0 Å². The van der Waals surface area contributed by atoms with Crippen LogP contribution in [0, 0.1) is 7.14 Å². The largest absolute Gasteiger partial charge is 0.493 e. The number of hydrogen-bond donors (Lipinski definition) is 2. The van der Waals surface area contributed by atoms with E-state index in [0.717, 1.165) is 26.8 Å². The highest BCUT2D eigenvalue weighted by Gasteiger charge is 2.27. The number of nitrogens with one attached hydrogen (secondary N) is 2. The molecule has 0 bridgehead atoms. The fourth-order valence-corrected chi connectivity index (χ4v) is 5.53. The number of methoxy groups -OCH3 is 1. The summed E-state index contributed by atoms with van der Waals surface area (Å²) in [5, 5.41) is 6.35. The van der Waals surface area contributed by atoms with Crippen LogP contribution < -0.4 is 20.1 Å². The summed E-state index contributed by atoms with van der Waals surface area (Å²) in [6.45, 7) is 2.58. The van der Waals surface area contributed by atoms with Crippen molar-refractivity contribution in [2.24, 2.45) is 0 Å². The second kappa shape index (κ2) is 11.7. The minimum absolute atomic E-state index is 0.0966. The molecule has 0 spiro atoms. The summed E-state index contributed by atoms with van der Waals surface area (Å²) in [6, 6.07) is 20.4. The van der Waals surface area contributed by atoms with Gasteiger partial charge in [-0.2, -0.15) is 0 Å². The van der Waals surface area contributed by atoms with E-state index in [2.05, 4.69) is 99.1 Å². The topological polar surface area (TPSA) is 59.6 Å². The minimum Gasteiger partial charge on any atom is -0.493 e. The molecule has 1 atom stereocenters. The van der Waals surface area contributed by atoms with Gasteiger partial charge in [0.25, 0.3) is 5.91 Å². The lowest BCUT2D eigenvalue weighted by Gasteiger charge is -2.14. The second-order valence-corrected chi connectivity index (χ2v) is 11.2. The second-order valence-electron chi connectivity index (χ2n) is 7.62. The summed E-state index contributed by atoms with van der Waals surface area (Å²) < 4.78 is 13.8. The van der Waals surface area contributed by atoms with Crippen molar-refractivity contribution >= 4 is 74.6 Å². The fraction of sp³-hybridized carbons (Fsp3) is 0.192. The van der Waals surface area contributed by atoms with Crippen LogP contribution in [0.25, 0.3) is 6.08 Å². The van der Waals surface area contributed by atoms with Crippen molar-refractivity contribution in [3.8, 4) is 11.5 Å². The van der Waals surface area contributed by atoms with Crippen molar-refractivity contribution in [3.63, 3.8) is 0 Å². The summed E-state index contributed by atoms with van der Waals surface area (Å²) >= 11 is 5.99.